The van der Waals surface area contributed by atoms with Crippen LogP contribution in [0.25, 0.3) is 0 Å². The molecule has 3 aromatic rings. The zero-order chi connectivity index (χ0) is 24.7. The summed E-state index contributed by atoms with van der Waals surface area (Å²) < 4.78 is 10.9. The van der Waals surface area contributed by atoms with Gasteiger partial charge in [-0.2, -0.15) is 0 Å². The summed E-state index contributed by atoms with van der Waals surface area (Å²) in [5.41, 5.74) is 2.07. The predicted octanol–water partition coefficient (Wildman–Crippen LogP) is 7.05. The zero-order valence-electron chi connectivity index (χ0n) is 19.4. The summed E-state index contributed by atoms with van der Waals surface area (Å²) in [5.74, 6) is 0.301. The molecular weight excluding hydrogens is 473 g/mol. The van der Waals surface area contributed by atoms with E-state index in [0.717, 1.165) is 0 Å². The quantitative estimate of drug-likeness (QED) is 0.296. The van der Waals surface area contributed by atoms with Gasteiger partial charge in [-0.1, -0.05) is 49.2 Å². The largest absolute Gasteiger partial charge is 0.493 e. The topological polar surface area (TPSA) is 55.8 Å². The van der Waals surface area contributed by atoms with Crippen LogP contribution in [0.2, 0.25) is 10.0 Å². The van der Waals surface area contributed by atoms with Crippen LogP contribution in [0.3, 0.4) is 0 Å². The van der Waals surface area contributed by atoms with E-state index in [0.29, 0.717) is 50.7 Å². The molecule has 178 valence electrons. The second kappa shape index (κ2) is 11.9. The predicted molar refractivity (Wildman–Crippen MR) is 136 cm³/mol. The van der Waals surface area contributed by atoms with Crippen LogP contribution < -0.4 is 9.64 Å². The van der Waals surface area contributed by atoms with Crippen molar-refractivity contribution >= 4 is 40.8 Å². The van der Waals surface area contributed by atoms with Crippen molar-refractivity contribution in [2.45, 2.75) is 27.3 Å². The molecule has 0 spiro atoms. The van der Waals surface area contributed by atoms with Crippen LogP contribution in [0.15, 0.2) is 66.7 Å². The monoisotopic (exact) mass is 499 g/mol. The summed E-state index contributed by atoms with van der Waals surface area (Å²) in [6.45, 7) is 6.84. The fourth-order valence-corrected chi connectivity index (χ4v) is 3.77. The van der Waals surface area contributed by atoms with Crippen molar-refractivity contribution in [2.24, 2.45) is 5.92 Å². The molecule has 3 rings (SSSR count). The second-order valence-electron chi connectivity index (χ2n) is 8.09. The van der Waals surface area contributed by atoms with Crippen molar-refractivity contribution < 1.29 is 19.1 Å². The van der Waals surface area contributed by atoms with E-state index in [1.54, 1.807) is 72.5 Å². The first kappa shape index (κ1) is 25.6. The number of hydrogen-bond donors (Lipinski definition) is 0. The number of amides is 1. The lowest BCUT2D eigenvalue weighted by molar-refractivity contribution is 0.0526. The van der Waals surface area contributed by atoms with E-state index in [1.807, 2.05) is 6.07 Å². The average Bonchev–Trinajstić information content (AvgIpc) is 2.83. The molecule has 7 heteroatoms. The number of ether oxygens (including phenoxy) is 2. The van der Waals surface area contributed by atoms with E-state index < -0.39 is 5.97 Å². The molecule has 0 aliphatic heterocycles. The molecule has 0 aromatic heterocycles. The lowest BCUT2D eigenvalue weighted by Gasteiger charge is -2.25. The van der Waals surface area contributed by atoms with Gasteiger partial charge in [0.15, 0.2) is 0 Å². The van der Waals surface area contributed by atoms with Crippen LogP contribution in [0.4, 0.5) is 5.69 Å². The molecule has 0 saturated heterocycles. The molecule has 0 saturated carbocycles. The molecule has 5 nitrogen and oxygen atoms in total. The Morgan fingerprint density at radius 2 is 1.56 bits per heavy atom. The van der Waals surface area contributed by atoms with E-state index in [1.165, 1.54) is 0 Å². The third-order valence-corrected chi connectivity index (χ3v) is 5.69. The number of carbonyl (C=O) groups is 2. The highest BCUT2D eigenvalue weighted by Gasteiger charge is 2.22. The summed E-state index contributed by atoms with van der Waals surface area (Å²) in [6, 6.07) is 18.9. The average molecular weight is 500 g/mol. The molecule has 0 N–H and O–H groups in total. The maximum atomic E-state index is 13.7. The number of rotatable bonds is 9. The van der Waals surface area contributed by atoms with Crippen LogP contribution in [-0.2, 0) is 11.3 Å². The van der Waals surface area contributed by atoms with Gasteiger partial charge in [0, 0.05) is 26.9 Å². The van der Waals surface area contributed by atoms with Crippen LogP contribution >= 0.6 is 23.2 Å². The van der Waals surface area contributed by atoms with Crippen molar-refractivity contribution in [3.05, 3.63) is 93.5 Å². The Bertz CT molecular complexity index is 1130. The van der Waals surface area contributed by atoms with Crippen molar-refractivity contribution in [1.29, 1.82) is 0 Å². The lowest BCUT2D eigenvalue weighted by Crippen LogP contribution is -2.30. The molecule has 0 heterocycles. The third kappa shape index (κ3) is 6.52. The number of hydrogen-bond acceptors (Lipinski definition) is 4. The number of benzene rings is 3. The van der Waals surface area contributed by atoms with E-state index in [2.05, 4.69) is 13.8 Å². The fourth-order valence-electron chi connectivity index (χ4n) is 3.25. The minimum atomic E-state index is -0.420. The normalized spacial score (nSPS) is 10.8. The zero-order valence-corrected chi connectivity index (χ0v) is 20.9. The van der Waals surface area contributed by atoms with Crippen molar-refractivity contribution in [1.82, 2.24) is 0 Å². The number of nitrogens with zero attached hydrogens (tertiary/aromatic N) is 1. The van der Waals surface area contributed by atoms with Crippen LogP contribution in [0.5, 0.6) is 5.75 Å². The second-order valence-corrected chi connectivity index (χ2v) is 8.91. The Morgan fingerprint density at radius 3 is 2.18 bits per heavy atom. The van der Waals surface area contributed by atoms with Crippen LogP contribution in [0.1, 0.15) is 47.1 Å². The van der Waals surface area contributed by atoms with Gasteiger partial charge in [0.05, 0.1) is 25.3 Å². The minimum absolute atomic E-state index is 0.146. The fraction of sp³-hybridized carbons (Fsp3) is 0.259. The van der Waals surface area contributed by atoms with Crippen molar-refractivity contribution in [3.8, 4) is 5.75 Å². The molecule has 0 unspecified atom stereocenters. The minimum Gasteiger partial charge on any atom is -0.493 e. The number of halogens is 2. The number of esters is 1. The molecule has 0 bridgehead atoms. The molecule has 34 heavy (non-hydrogen) atoms. The van der Waals surface area contributed by atoms with Gasteiger partial charge in [0.1, 0.15) is 5.75 Å². The van der Waals surface area contributed by atoms with E-state index >= 15 is 0 Å². The number of anilines is 1. The molecule has 3 aromatic carbocycles. The van der Waals surface area contributed by atoms with Gasteiger partial charge < -0.3 is 14.4 Å². The SMILES string of the molecule is CCOC(=O)c1ccc(N(Cc2c(Cl)cccc2Cl)C(=O)c2cccc(OCC(C)C)c2)cc1. The van der Waals surface area contributed by atoms with Crippen LogP contribution in [0, 0.1) is 5.92 Å². The van der Waals surface area contributed by atoms with Crippen LogP contribution in [-0.4, -0.2) is 25.1 Å². The maximum absolute atomic E-state index is 13.7. The molecule has 1 amide bonds. The highest BCUT2D eigenvalue weighted by Crippen LogP contribution is 2.29. The molecular formula is C27H27Cl2NO4. The highest BCUT2D eigenvalue weighted by molar-refractivity contribution is 6.36. The van der Waals surface area contributed by atoms with Gasteiger partial charge in [-0.25, -0.2) is 4.79 Å². The summed E-state index contributed by atoms with van der Waals surface area (Å²) in [7, 11) is 0. The Labute approximate surface area is 210 Å². The van der Waals surface area contributed by atoms with Gasteiger partial charge in [-0.3, -0.25) is 4.79 Å². The Hall–Kier alpha value is -3.02. The van der Waals surface area contributed by atoms with Gasteiger partial charge in [-0.15, -0.1) is 0 Å². The first-order valence-corrected chi connectivity index (χ1v) is 11.8. The summed E-state index contributed by atoms with van der Waals surface area (Å²) in [6.07, 6.45) is 0. The third-order valence-electron chi connectivity index (χ3n) is 4.98. The first-order valence-electron chi connectivity index (χ1n) is 11.0. The smallest absolute Gasteiger partial charge is 0.338 e. The molecule has 0 radical (unpaired) electrons. The van der Waals surface area contributed by atoms with Crippen molar-refractivity contribution in [3.63, 3.8) is 0 Å². The summed E-state index contributed by atoms with van der Waals surface area (Å²) in [4.78, 5) is 27.3. The Balaban J connectivity index is 1.97. The van der Waals surface area contributed by atoms with Gasteiger partial charge in [0.2, 0.25) is 0 Å². The standard InChI is InChI=1S/C27H27Cl2NO4/c1-4-33-27(32)19-11-13-21(14-12-19)30(16-23-24(28)9-6-10-25(23)29)26(31)20-7-5-8-22(15-20)34-17-18(2)3/h5-15,18H,4,16-17H2,1-3H3. The van der Waals surface area contributed by atoms with E-state index in [-0.39, 0.29) is 19.1 Å². The molecule has 0 atom stereocenters. The number of carbonyl (C=O) groups excluding carboxylic acids is 2. The lowest BCUT2D eigenvalue weighted by atomic mass is 10.1. The molecule has 0 aliphatic carbocycles. The maximum Gasteiger partial charge on any atom is 0.338 e. The Kier molecular flexibility index (Phi) is 8.97. The van der Waals surface area contributed by atoms with Crippen molar-refractivity contribution in [2.75, 3.05) is 18.1 Å². The van der Waals surface area contributed by atoms with Gasteiger partial charge in [0.25, 0.3) is 5.91 Å². The summed E-state index contributed by atoms with van der Waals surface area (Å²) >= 11 is 12.8. The van der Waals surface area contributed by atoms with E-state index in [4.69, 9.17) is 32.7 Å². The van der Waals surface area contributed by atoms with E-state index in [9.17, 15) is 9.59 Å². The van der Waals surface area contributed by atoms with Gasteiger partial charge in [-0.05, 0) is 67.4 Å². The molecule has 0 aliphatic rings. The first-order chi connectivity index (χ1) is 16.3. The summed E-state index contributed by atoms with van der Waals surface area (Å²) in [5, 5.41) is 0.921. The Morgan fingerprint density at radius 1 is 0.912 bits per heavy atom. The van der Waals surface area contributed by atoms with Gasteiger partial charge >= 0.3 is 5.97 Å². The molecule has 0 fully saturated rings. The highest BCUT2D eigenvalue weighted by atomic mass is 35.5.